The third-order valence-corrected chi connectivity index (χ3v) is 1.87. The summed E-state index contributed by atoms with van der Waals surface area (Å²) in [6.45, 7) is 0. The molecule has 76 valence electrons. The number of hydrogen-bond acceptors (Lipinski definition) is 5. The van der Waals surface area contributed by atoms with Gasteiger partial charge in [0.1, 0.15) is 18.4 Å². The van der Waals surface area contributed by atoms with Crippen LogP contribution >= 0.6 is 0 Å². The van der Waals surface area contributed by atoms with Crippen molar-refractivity contribution in [2.75, 3.05) is 0 Å². The lowest BCUT2D eigenvalue weighted by atomic mass is 10.2. The molecule has 0 aliphatic heterocycles. The quantitative estimate of drug-likeness (QED) is 0.581. The molecular weight excluding hydrogens is 200 g/mol. The first kappa shape index (κ1) is 9.13. The molecule has 7 nitrogen and oxygen atoms in total. The van der Waals surface area contributed by atoms with Crippen LogP contribution in [0, 0.1) is 10.1 Å². The van der Waals surface area contributed by atoms with Crippen molar-refractivity contribution in [2.45, 2.75) is 0 Å². The Morgan fingerprint density at radius 2 is 2.00 bits per heavy atom. The minimum atomic E-state index is -0.534. The molecule has 0 aliphatic rings. The van der Waals surface area contributed by atoms with Gasteiger partial charge in [-0.1, -0.05) is 0 Å². The average molecular weight is 206 g/mol. The predicted molar refractivity (Wildman–Crippen MR) is 49.7 cm³/mol. The number of nitrogens with zero attached hydrogens (tertiary/aromatic N) is 4. The molecule has 2 rings (SSSR count). The summed E-state index contributed by atoms with van der Waals surface area (Å²) in [4.78, 5) is 9.98. The van der Waals surface area contributed by atoms with E-state index >= 15 is 0 Å². The number of hydrogen-bond donors (Lipinski definition) is 1. The SMILES string of the molecule is O=[N+]([O-])c1ccc(O)c(-n2cnnc2)c1. The molecule has 0 aliphatic carbocycles. The molecule has 0 saturated carbocycles. The Morgan fingerprint density at radius 3 is 2.60 bits per heavy atom. The molecule has 0 amide bonds. The summed E-state index contributed by atoms with van der Waals surface area (Å²) in [5.41, 5.74) is 0.172. The minimum Gasteiger partial charge on any atom is -0.506 e. The van der Waals surface area contributed by atoms with Gasteiger partial charge in [0, 0.05) is 12.1 Å². The third kappa shape index (κ3) is 1.62. The number of nitro groups is 1. The van der Waals surface area contributed by atoms with E-state index in [-0.39, 0.29) is 17.1 Å². The van der Waals surface area contributed by atoms with Crippen LogP contribution in [0.25, 0.3) is 5.69 Å². The van der Waals surface area contributed by atoms with Gasteiger partial charge in [0.2, 0.25) is 0 Å². The van der Waals surface area contributed by atoms with Gasteiger partial charge in [-0.25, -0.2) is 0 Å². The topological polar surface area (TPSA) is 94.1 Å². The average Bonchev–Trinajstić information content (AvgIpc) is 2.71. The predicted octanol–water partition coefficient (Wildman–Crippen LogP) is 0.881. The standard InChI is InChI=1S/C8H6N4O3/c13-8-2-1-6(12(14)15)3-7(8)11-4-9-10-5-11/h1-5,13H. The lowest BCUT2D eigenvalue weighted by Gasteiger charge is -2.03. The molecule has 2 aromatic rings. The number of phenolic OH excluding ortho intramolecular Hbond substituents is 1. The molecule has 7 heteroatoms. The van der Waals surface area contributed by atoms with Crippen LogP contribution in [-0.4, -0.2) is 24.8 Å². The van der Waals surface area contributed by atoms with Crippen molar-refractivity contribution in [3.8, 4) is 11.4 Å². The number of benzene rings is 1. The Bertz CT molecular complexity index is 495. The highest BCUT2D eigenvalue weighted by molar-refractivity contribution is 5.52. The first-order valence-corrected chi connectivity index (χ1v) is 4.01. The summed E-state index contributed by atoms with van der Waals surface area (Å²) in [5.74, 6) is -0.0691. The van der Waals surface area contributed by atoms with Crippen molar-refractivity contribution in [2.24, 2.45) is 0 Å². The number of aromatic nitrogens is 3. The molecule has 0 radical (unpaired) electrons. The van der Waals surface area contributed by atoms with E-state index in [0.717, 1.165) is 0 Å². The van der Waals surface area contributed by atoms with Crippen molar-refractivity contribution in [1.29, 1.82) is 0 Å². The maximum Gasteiger partial charge on any atom is 0.271 e. The molecule has 1 aromatic carbocycles. The van der Waals surface area contributed by atoms with Crippen molar-refractivity contribution < 1.29 is 10.0 Å². The second kappa shape index (κ2) is 3.37. The van der Waals surface area contributed by atoms with Gasteiger partial charge in [-0.2, -0.15) is 0 Å². The summed E-state index contributed by atoms with van der Waals surface area (Å²) < 4.78 is 1.39. The first-order valence-electron chi connectivity index (χ1n) is 4.01. The largest absolute Gasteiger partial charge is 0.506 e. The zero-order chi connectivity index (χ0) is 10.8. The molecule has 15 heavy (non-hydrogen) atoms. The summed E-state index contributed by atoms with van der Waals surface area (Å²) in [5, 5.41) is 27.1. The highest BCUT2D eigenvalue weighted by Crippen LogP contribution is 2.25. The van der Waals surface area contributed by atoms with Crippen LogP contribution in [0.15, 0.2) is 30.9 Å². The monoisotopic (exact) mass is 206 g/mol. The van der Waals surface area contributed by atoms with Crippen LogP contribution < -0.4 is 0 Å². The second-order valence-corrected chi connectivity index (χ2v) is 2.80. The van der Waals surface area contributed by atoms with Gasteiger partial charge in [0.05, 0.1) is 10.6 Å². The van der Waals surface area contributed by atoms with Gasteiger partial charge >= 0.3 is 0 Å². The number of phenols is 1. The van der Waals surface area contributed by atoms with E-state index in [1.807, 2.05) is 0 Å². The zero-order valence-corrected chi connectivity index (χ0v) is 7.44. The van der Waals surface area contributed by atoms with Crippen molar-refractivity contribution in [3.05, 3.63) is 41.0 Å². The molecule has 1 N–H and O–H groups in total. The van der Waals surface area contributed by atoms with E-state index in [0.29, 0.717) is 0 Å². The third-order valence-electron chi connectivity index (χ3n) is 1.87. The van der Waals surface area contributed by atoms with E-state index < -0.39 is 4.92 Å². The molecule has 1 heterocycles. The summed E-state index contributed by atoms with van der Waals surface area (Å²) in [6, 6.07) is 3.73. The van der Waals surface area contributed by atoms with E-state index in [1.54, 1.807) is 0 Å². The fourth-order valence-electron chi connectivity index (χ4n) is 1.16. The Kier molecular flexibility index (Phi) is 2.05. The van der Waals surface area contributed by atoms with Crippen molar-refractivity contribution in [3.63, 3.8) is 0 Å². The van der Waals surface area contributed by atoms with Crippen LogP contribution in [0.3, 0.4) is 0 Å². The van der Waals surface area contributed by atoms with Gasteiger partial charge in [0.25, 0.3) is 5.69 Å². The van der Waals surface area contributed by atoms with E-state index in [1.165, 1.54) is 35.4 Å². The Morgan fingerprint density at radius 1 is 1.33 bits per heavy atom. The number of rotatable bonds is 2. The number of nitro benzene ring substituents is 1. The molecule has 0 atom stereocenters. The van der Waals surface area contributed by atoms with Gasteiger partial charge < -0.3 is 5.11 Å². The molecular formula is C8H6N4O3. The first-order chi connectivity index (χ1) is 7.18. The van der Waals surface area contributed by atoms with E-state index in [9.17, 15) is 15.2 Å². The normalized spacial score (nSPS) is 10.1. The summed E-state index contributed by atoms with van der Waals surface area (Å²) in [7, 11) is 0. The smallest absolute Gasteiger partial charge is 0.271 e. The van der Waals surface area contributed by atoms with E-state index in [2.05, 4.69) is 10.2 Å². The number of non-ortho nitro benzene ring substituents is 1. The van der Waals surface area contributed by atoms with E-state index in [4.69, 9.17) is 0 Å². The van der Waals surface area contributed by atoms with Crippen LogP contribution in [0.5, 0.6) is 5.75 Å². The fourth-order valence-corrected chi connectivity index (χ4v) is 1.16. The maximum atomic E-state index is 10.5. The molecule has 0 saturated heterocycles. The van der Waals surface area contributed by atoms with Gasteiger partial charge in [-0.3, -0.25) is 14.7 Å². The van der Waals surface area contributed by atoms with Crippen LogP contribution in [0.4, 0.5) is 5.69 Å². The summed E-state index contributed by atoms with van der Waals surface area (Å²) in [6.07, 6.45) is 2.69. The van der Waals surface area contributed by atoms with Crippen molar-refractivity contribution in [1.82, 2.24) is 14.8 Å². The maximum absolute atomic E-state index is 10.5. The Hall–Kier alpha value is -2.44. The van der Waals surface area contributed by atoms with Gasteiger partial charge in [0.15, 0.2) is 0 Å². The highest BCUT2D eigenvalue weighted by atomic mass is 16.6. The minimum absolute atomic E-state index is 0.0691. The highest BCUT2D eigenvalue weighted by Gasteiger charge is 2.11. The van der Waals surface area contributed by atoms with Crippen molar-refractivity contribution >= 4 is 5.69 Å². The molecule has 0 fully saturated rings. The summed E-state index contributed by atoms with van der Waals surface area (Å²) >= 11 is 0. The molecule has 0 unspecified atom stereocenters. The zero-order valence-electron chi connectivity index (χ0n) is 7.44. The second-order valence-electron chi connectivity index (χ2n) is 2.80. The lowest BCUT2D eigenvalue weighted by molar-refractivity contribution is -0.384. The molecule has 0 bridgehead atoms. The fraction of sp³-hybridized carbons (Fsp3) is 0. The Balaban J connectivity index is 2.55. The molecule has 0 spiro atoms. The molecule has 1 aromatic heterocycles. The Labute approximate surface area is 83.8 Å². The van der Waals surface area contributed by atoms with Crippen LogP contribution in [0.1, 0.15) is 0 Å². The van der Waals surface area contributed by atoms with Gasteiger partial charge in [-0.05, 0) is 6.07 Å². The lowest BCUT2D eigenvalue weighted by Crippen LogP contribution is -1.94. The van der Waals surface area contributed by atoms with Gasteiger partial charge in [-0.15, -0.1) is 10.2 Å². The van der Waals surface area contributed by atoms with Crippen LogP contribution in [-0.2, 0) is 0 Å². The van der Waals surface area contributed by atoms with Crippen LogP contribution in [0.2, 0.25) is 0 Å². The number of aromatic hydroxyl groups is 1.